The summed E-state index contributed by atoms with van der Waals surface area (Å²) in [6.07, 6.45) is 2.71. The van der Waals surface area contributed by atoms with Crippen molar-refractivity contribution in [3.05, 3.63) is 211 Å². The van der Waals surface area contributed by atoms with E-state index in [4.69, 9.17) is 20.3 Å². The zero-order chi connectivity index (χ0) is 54.0. The lowest BCUT2D eigenvalue weighted by atomic mass is 9.94. The van der Waals surface area contributed by atoms with Gasteiger partial charge in [-0.15, -0.1) is 0 Å². The van der Waals surface area contributed by atoms with Crippen LogP contribution in [-0.2, 0) is 62.4 Å². The first-order valence-electron chi connectivity index (χ1n) is 24.8. The molecule has 0 radical (unpaired) electrons. The van der Waals surface area contributed by atoms with Crippen molar-refractivity contribution >= 4 is 35.7 Å². The fourth-order valence-corrected chi connectivity index (χ4v) is 9.90. The van der Waals surface area contributed by atoms with E-state index in [2.05, 4.69) is 10.6 Å². The van der Waals surface area contributed by atoms with E-state index in [1.54, 1.807) is 45.0 Å². The molecule has 0 saturated heterocycles. The summed E-state index contributed by atoms with van der Waals surface area (Å²) < 4.78 is 10.3. The number of nitrogens with one attached hydrogen (secondary N) is 2. The van der Waals surface area contributed by atoms with Gasteiger partial charge in [-0.2, -0.15) is 0 Å². The number of carboxylic acids is 2. The zero-order valence-corrected chi connectivity index (χ0v) is 43.5. The lowest BCUT2D eigenvalue weighted by Crippen LogP contribution is -2.56. The van der Waals surface area contributed by atoms with Crippen LogP contribution in [0.5, 0.6) is 0 Å². The van der Waals surface area contributed by atoms with E-state index in [0.717, 1.165) is 66.8 Å². The monoisotopic (exact) mass is 1000 g/mol. The summed E-state index contributed by atoms with van der Waals surface area (Å²) in [5, 5.41) is 24.2. The smallest absolute Gasteiger partial charge is 0.335 e. The molecule has 9 rings (SSSR count). The first-order chi connectivity index (χ1) is 35.1. The van der Waals surface area contributed by atoms with Crippen molar-refractivity contribution in [2.75, 3.05) is 13.2 Å². The highest BCUT2D eigenvalue weighted by Gasteiger charge is 2.47. The van der Waals surface area contributed by atoms with Crippen LogP contribution in [0.25, 0.3) is 0 Å². The number of aryl methyl sites for hydroxylation is 6. The van der Waals surface area contributed by atoms with E-state index in [-0.39, 0.29) is 30.4 Å². The number of aliphatic carboxylic acids is 1. The number of hydrogen-bond acceptors (Lipinski definition) is 9. The van der Waals surface area contributed by atoms with Crippen LogP contribution in [0.1, 0.15) is 112 Å². The van der Waals surface area contributed by atoms with Gasteiger partial charge in [0.05, 0.1) is 18.8 Å². The molecule has 3 aliphatic rings. The van der Waals surface area contributed by atoms with Crippen LogP contribution in [0.2, 0.25) is 0 Å². The lowest BCUT2D eigenvalue weighted by molar-refractivity contribution is -0.150. The highest BCUT2D eigenvalue weighted by molar-refractivity contribution is 6.00. The Morgan fingerprint density at radius 2 is 0.770 bits per heavy atom. The van der Waals surface area contributed by atoms with E-state index in [9.17, 15) is 33.9 Å². The van der Waals surface area contributed by atoms with Crippen LogP contribution in [0.3, 0.4) is 0 Å². The van der Waals surface area contributed by atoms with Gasteiger partial charge in [-0.3, -0.25) is 14.4 Å². The Bertz CT molecular complexity index is 3010. The topological polar surface area (TPSA) is 211 Å². The van der Waals surface area contributed by atoms with Crippen LogP contribution in [0, 0.1) is 41.5 Å². The summed E-state index contributed by atoms with van der Waals surface area (Å²) in [5.74, 6) is -3.09. The molecule has 0 heterocycles. The molecule has 74 heavy (non-hydrogen) atoms. The molecule has 0 unspecified atom stereocenters. The van der Waals surface area contributed by atoms with Crippen LogP contribution >= 0.6 is 0 Å². The number of aromatic carboxylic acids is 1. The van der Waals surface area contributed by atoms with Gasteiger partial charge in [-0.25, -0.2) is 14.4 Å². The molecule has 0 spiro atoms. The molecule has 0 aliphatic heterocycles. The van der Waals surface area contributed by atoms with Gasteiger partial charge in [0.25, 0.3) is 11.8 Å². The lowest BCUT2D eigenvalue weighted by Gasteiger charge is -2.28. The predicted molar refractivity (Wildman–Crippen MR) is 284 cm³/mol. The van der Waals surface area contributed by atoms with Crippen molar-refractivity contribution in [2.24, 2.45) is 5.73 Å². The molecule has 0 saturated carbocycles. The number of carbonyl (C=O) groups is 6. The van der Waals surface area contributed by atoms with Gasteiger partial charge in [0.2, 0.25) is 0 Å². The van der Waals surface area contributed by atoms with Gasteiger partial charge in [0, 0.05) is 49.7 Å². The molecule has 386 valence electrons. The Morgan fingerprint density at radius 1 is 0.459 bits per heavy atom. The SMILES string of the molecule is CCOC(=O)C1(N)Cc2ccccc2C1.CCOC(=O)C1(NC(=O)c2ccc(C)cc2C)Cc2ccccc2C1.Cc1ccc(C(=O)NC2(C(=O)O)Cc3ccccc3C2)c(C)c1.Cc1ccc(C(=O)O)c(C)c1. The molecular formula is C61H67N3O10. The maximum atomic E-state index is 12.9. The van der Waals surface area contributed by atoms with Crippen LogP contribution in [0.15, 0.2) is 127 Å². The summed E-state index contributed by atoms with van der Waals surface area (Å²) in [4.78, 5) is 72.3. The minimum Gasteiger partial charge on any atom is -0.479 e. The molecule has 0 atom stereocenters. The summed E-state index contributed by atoms with van der Waals surface area (Å²) in [5.41, 5.74) is 16.7. The Morgan fingerprint density at radius 3 is 1.09 bits per heavy atom. The molecule has 6 aromatic rings. The number of benzene rings is 6. The summed E-state index contributed by atoms with van der Waals surface area (Å²) in [7, 11) is 0. The van der Waals surface area contributed by atoms with Crippen LogP contribution < -0.4 is 16.4 Å². The summed E-state index contributed by atoms with van der Waals surface area (Å²) in [6.45, 7) is 15.7. The molecule has 0 aromatic heterocycles. The van der Waals surface area contributed by atoms with E-state index < -0.39 is 28.6 Å². The van der Waals surface area contributed by atoms with E-state index in [1.165, 1.54) is 0 Å². The van der Waals surface area contributed by atoms with E-state index in [0.29, 0.717) is 61.8 Å². The summed E-state index contributed by atoms with van der Waals surface area (Å²) in [6, 6.07) is 40.0. The van der Waals surface area contributed by atoms with Gasteiger partial charge >= 0.3 is 23.9 Å². The van der Waals surface area contributed by atoms with Gasteiger partial charge < -0.3 is 36.1 Å². The Balaban J connectivity index is 0.000000168. The third-order valence-corrected chi connectivity index (χ3v) is 13.7. The Hall–Kier alpha value is -7.90. The highest BCUT2D eigenvalue weighted by atomic mass is 16.5. The number of rotatable bonds is 10. The van der Waals surface area contributed by atoms with E-state index in [1.807, 2.05) is 138 Å². The average Bonchev–Trinajstić information content (AvgIpc) is 4.04. The van der Waals surface area contributed by atoms with Gasteiger partial charge in [-0.1, -0.05) is 126 Å². The second-order valence-electron chi connectivity index (χ2n) is 19.6. The van der Waals surface area contributed by atoms with Crippen molar-refractivity contribution in [3.63, 3.8) is 0 Å². The first kappa shape index (κ1) is 55.4. The predicted octanol–water partition coefficient (Wildman–Crippen LogP) is 8.84. The first-order valence-corrected chi connectivity index (χ1v) is 24.8. The Kier molecular flexibility index (Phi) is 17.8. The normalized spacial score (nSPS) is 14.6. The molecule has 6 aromatic carbocycles. The molecule has 13 heteroatoms. The van der Waals surface area contributed by atoms with E-state index >= 15 is 0 Å². The number of carbonyl (C=O) groups excluding carboxylic acids is 4. The molecule has 0 fully saturated rings. The van der Waals surface area contributed by atoms with Crippen molar-refractivity contribution in [1.82, 2.24) is 10.6 Å². The fourth-order valence-electron chi connectivity index (χ4n) is 9.90. The average molecular weight is 1000 g/mol. The molecule has 13 nitrogen and oxygen atoms in total. The number of ether oxygens (including phenoxy) is 2. The van der Waals surface area contributed by atoms with Gasteiger partial charge in [0.15, 0.2) is 0 Å². The maximum absolute atomic E-state index is 12.9. The second kappa shape index (κ2) is 23.8. The minimum absolute atomic E-state index is 0.238. The highest BCUT2D eigenvalue weighted by Crippen LogP contribution is 2.33. The fraction of sp³-hybridized carbons (Fsp3) is 0.311. The van der Waals surface area contributed by atoms with Crippen LogP contribution in [0.4, 0.5) is 0 Å². The quantitative estimate of drug-likeness (QED) is 0.0819. The number of esters is 2. The minimum atomic E-state index is -1.27. The number of hydrogen-bond donors (Lipinski definition) is 5. The Labute approximate surface area is 433 Å². The second-order valence-corrected chi connectivity index (χ2v) is 19.6. The van der Waals surface area contributed by atoms with Gasteiger partial charge in [-0.05, 0) is 124 Å². The largest absolute Gasteiger partial charge is 0.479 e. The standard InChI is InChI=1S/C21H23NO3.C19H19NO3.C12H15NO2.C9H10O2/c1-4-25-20(24)21(12-16-7-5-6-8-17(16)13-21)22-19(23)18-10-9-14(2)11-15(18)3;1-12-7-8-16(13(2)9-12)17(21)20-19(18(22)23)10-14-5-3-4-6-15(14)11-19;1-2-15-11(14)12(13)7-9-5-3-4-6-10(9)8-12;1-6-3-4-8(9(10)11)7(2)5-6/h5-11H,4,12-13H2,1-3H3,(H,22,23);3-9H,10-11H2,1-2H3,(H,20,21)(H,22,23);3-6H,2,7-8,13H2,1H3;3-5H,1-2H3,(H,10,11). The number of carboxylic acid groups (broad SMARTS) is 2. The molecule has 0 bridgehead atoms. The maximum Gasteiger partial charge on any atom is 0.335 e. The molecular weight excluding hydrogens is 935 g/mol. The van der Waals surface area contributed by atoms with Crippen LogP contribution in [-0.4, -0.2) is 75.7 Å². The number of fused-ring (bicyclic) bond motifs is 3. The van der Waals surface area contributed by atoms with Crippen molar-refractivity contribution in [3.8, 4) is 0 Å². The number of nitrogens with two attached hydrogens (primary N) is 1. The molecule has 3 aliphatic carbocycles. The molecule has 6 N–H and O–H groups in total. The molecule has 2 amide bonds. The summed E-state index contributed by atoms with van der Waals surface area (Å²) >= 11 is 0. The third-order valence-electron chi connectivity index (χ3n) is 13.7. The van der Waals surface area contributed by atoms with Crippen molar-refractivity contribution < 1.29 is 48.5 Å². The third kappa shape index (κ3) is 13.0. The zero-order valence-electron chi connectivity index (χ0n) is 43.5. The van der Waals surface area contributed by atoms with Crippen molar-refractivity contribution in [2.45, 2.75) is 111 Å². The van der Waals surface area contributed by atoms with Gasteiger partial charge in [0.1, 0.15) is 16.6 Å². The number of amides is 2. The van der Waals surface area contributed by atoms with Crippen molar-refractivity contribution in [1.29, 1.82) is 0 Å².